The van der Waals surface area contributed by atoms with Crippen LogP contribution >= 0.6 is 0 Å². The maximum absolute atomic E-state index is 6.20. The van der Waals surface area contributed by atoms with E-state index in [9.17, 15) is 0 Å². The van der Waals surface area contributed by atoms with Gasteiger partial charge in [0.05, 0.1) is 12.2 Å². The first-order chi connectivity index (χ1) is 9.54. The van der Waals surface area contributed by atoms with E-state index in [2.05, 4.69) is 42.9 Å². The third-order valence-corrected chi connectivity index (χ3v) is 4.53. The molecule has 0 aromatic carbocycles. The standard InChI is InChI=1S/C16H33N3O/c1-13(2)9-17-10-15-5-6-16(20-15)12-19-8-7-18(4)11-14(19)3/h13-17H,5-12H2,1-4H3. The topological polar surface area (TPSA) is 27.7 Å². The van der Waals surface area contributed by atoms with Gasteiger partial charge >= 0.3 is 0 Å². The Labute approximate surface area is 124 Å². The third kappa shape index (κ3) is 4.99. The molecule has 4 heteroatoms. The van der Waals surface area contributed by atoms with Crippen molar-refractivity contribution < 1.29 is 4.74 Å². The Morgan fingerprint density at radius 2 is 1.95 bits per heavy atom. The summed E-state index contributed by atoms with van der Waals surface area (Å²) in [4.78, 5) is 5.03. The summed E-state index contributed by atoms with van der Waals surface area (Å²) in [6, 6.07) is 0.662. The number of nitrogens with one attached hydrogen (secondary N) is 1. The van der Waals surface area contributed by atoms with Crippen molar-refractivity contribution in [3.05, 3.63) is 0 Å². The Morgan fingerprint density at radius 1 is 1.20 bits per heavy atom. The van der Waals surface area contributed by atoms with E-state index < -0.39 is 0 Å². The second kappa shape index (κ2) is 7.74. The van der Waals surface area contributed by atoms with Crippen molar-refractivity contribution in [1.29, 1.82) is 0 Å². The van der Waals surface area contributed by atoms with E-state index in [1.807, 2.05) is 0 Å². The zero-order valence-electron chi connectivity index (χ0n) is 13.8. The van der Waals surface area contributed by atoms with Crippen LogP contribution in [0.5, 0.6) is 0 Å². The van der Waals surface area contributed by atoms with Gasteiger partial charge in [-0.1, -0.05) is 13.8 Å². The molecule has 3 unspecified atom stereocenters. The van der Waals surface area contributed by atoms with E-state index in [0.29, 0.717) is 18.2 Å². The lowest BCUT2D eigenvalue weighted by Crippen LogP contribution is -2.52. The highest BCUT2D eigenvalue weighted by Crippen LogP contribution is 2.21. The number of hydrogen-bond acceptors (Lipinski definition) is 4. The Morgan fingerprint density at radius 3 is 2.65 bits per heavy atom. The van der Waals surface area contributed by atoms with Gasteiger partial charge in [0.25, 0.3) is 0 Å². The summed E-state index contributed by atoms with van der Waals surface area (Å²) < 4.78 is 6.20. The minimum Gasteiger partial charge on any atom is -0.372 e. The summed E-state index contributed by atoms with van der Waals surface area (Å²) in [7, 11) is 2.22. The summed E-state index contributed by atoms with van der Waals surface area (Å²) in [6.45, 7) is 13.6. The summed E-state index contributed by atoms with van der Waals surface area (Å²) in [5, 5.41) is 3.52. The molecular formula is C16H33N3O. The summed E-state index contributed by atoms with van der Waals surface area (Å²) in [5.41, 5.74) is 0. The maximum Gasteiger partial charge on any atom is 0.0707 e. The molecule has 2 aliphatic rings. The van der Waals surface area contributed by atoms with E-state index in [1.165, 1.54) is 32.5 Å². The van der Waals surface area contributed by atoms with Crippen LogP contribution in [0, 0.1) is 5.92 Å². The van der Waals surface area contributed by atoms with Gasteiger partial charge in [-0.3, -0.25) is 4.90 Å². The number of hydrogen-bond donors (Lipinski definition) is 1. The molecule has 2 aliphatic heterocycles. The average molecular weight is 283 g/mol. The third-order valence-electron chi connectivity index (χ3n) is 4.53. The van der Waals surface area contributed by atoms with E-state index in [1.54, 1.807) is 0 Å². The molecule has 0 aliphatic carbocycles. The first-order valence-corrected chi connectivity index (χ1v) is 8.33. The van der Waals surface area contributed by atoms with Crippen LogP contribution in [0.1, 0.15) is 33.6 Å². The molecule has 2 rings (SSSR count). The normalized spacial score (nSPS) is 33.1. The predicted octanol–water partition coefficient (Wildman–Crippen LogP) is 1.42. The fourth-order valence-corrected chi connectivity index (χ4v) is 3.31. The Bertz CT molecular complexity index is 285. The quantitative estimate of drug-likeness (QED) is 0.798. The summed E-state index contributed by atoms with van der Waals surface area (Å²) in [5.74, 6) is 0.721. The van der Waals surface area contributed by atoms with Crippen molar-refractivity contribution in [3.63, 3.8) is 0 Å². The van der Waals surface area contributed by atoms with Crippen molar-refractivity contribution in [2.24, 2.45) is 5.92 Å². The predicted molar refractivity (Wildman–Crippen MR) is 84.1 cm³/mol. The molecule has 0 aromatic heterocycles. The molecule has 0 amide bonds. The molecule has 20 heavy (non-hydrogen) atoms. The molecule has 2 heterocycles. The van der Waals surface area contributed by atoms with Crippen LogP contribution in [-0.4, -0.2) is 74.4 Å². The fourth-order valence-electron chi connectivity index (χ4n) is 3.31. The molecule has 0 saturated carbocycles. The minimum atomic E-state index is 0.432. The molecule has 118 valence electrons. The number of nitrogens with zero attached hydrogens (tertiary/aromatic N) is 2. The first kappa shape index (κ1) is 16.2. The monoisotopic (exact) mass is 283 g/mol. The van der Waals surface area contributed by atoms with E-state index in [-0.39, 0.29) is 0 Å². The number of likely N-dealkylation sites (N-methyl/N-ethyl adjacent to an activating group) is 1. The summed E-state index contributed by atoms with van der Waals surface area (Å²) >= 11 is 0. The second-order valence-corrected chi connectivity index (χ2v) is 7.12. The zero-order chi connectivity index (χ0) is 14.5. The Balaban J connectivity index is 1.65. The van der Waals surface area contributed by atoms with Crippen molar-refractivity contribution in [2.75, 3.05) is 46.3 Å². The van der Waals surface area contributed by atoms with Crippen molar-refractivity contribution in [2.45, 2.75) is 51.9 Å². The first-order valence-electron chi connectivity index (χ1n) is 8.33. The van der Waals surface area contributed by atoms with Crippen LogP contribution < -0.4 is 5.32 Å². The lowest BCUT2D eigenvalue weighted by molar-refractivity contribution is 0.000918. The van der Waals surface area contributed by atoms with Crippen LogP contribution in [0.4, 0.5) is 0 Å². The zero-order valence-corrected chi connectivity index (χ0v) is 13.8. The molecule has 4 nitrogen and oxygen atoms in total. The highest BCUT2D eigenvalue weighted by molar-refractivity contribution is 4.83. The van der Waals surface area contributed by atoms with Crippen molar-refractivity contribution in [1.82, 2.24) is 15.1 Å². The Kier molecular flexibility index (Phi) is 6.27. The van der Waals surface area contributed by atoms with Gasteiger partial charge in [-0.15, -0.1) is 0 Å². The van der Waals surface area contributed by atoms with Crippen LogP contribution in [-0.2, 0) is 4.74 Å². The molecule has 0 radical (unpaired) electrons. The molecular weight excluding hydrogens is 250 g/mol. The van der Waals surface area contributed by atoms with Gasteiger partial charge in [-0.25, -0.2) is 0 Å². The van der Waals surface area contributed by atoms with Crippen molar-refractivity contribution in [3.8, 4) is 0 Å². The van der Waals surface area contributed by atoms with Crippen LogP contribution in [0.2, 0.25) is 0 Å². The molecule has 0 aromatic rings. The number of piperazine rings is 1. The molecule has 0 bridgehead atoms. The molecule has 0 spiro atoms. The van der Waals surface area contributed by atoms with Gasteiger partial charge < -0.3 is 15.0 Å². The van der Waals surface area contributed by atoms with Gasteiger partial charge in [-0.2, -0.15) is 0 Å². The van der Waals surface area contributed by atoms with Gasteiger partial charge in [0.15, 0.2) is 0 Å². The lowest BCUT2D eigenvalue weighted by atomic mass is 10.1. The number of rotatable bonds is 6. The largest absolute Gasteiger partial charge is 0.372 e. The van der Waals surface area contributed by atoms with Crippen LogP contribution in [0.25, 0.3) is 0 Å². The van der Waals surface area contributed by atoms with E-state index >= 15 is 0 Å². The second-order valence-electron chi connectivity index (χ2n) is 7.12. The van der Waals surface area contributed by atoms with E-state index in [4.69, 9.17) is 4.74 Å². The van der Waals surface area contributed by atoms with Gasteiger partial charge in [0.1, 0.15) is 0 Å². The van der Waals surface area contributed by atoms with E-state index in [0.717, 1.165) is 25.6 Å². The molecule has 2 saturated heterocycles. The van der Waals surface area contributed by atoms with Crippen LogP contribution in [0.15, 0.2) is 0 Å². The fraction of sp³-hybridized carbons (Fsp3) is 1.00. The minimum absolute atomic E-state index is 0.432. The number of ether oxygens (including phenoxy) is 1. The lowest BCUT2D eigenvalue weighted by Gasteiger charge is -2.39. The Hall–Kier alpha value is -0.160. The SMILES string of the molecule is CC(C)CNCC1CCC(CN2CCN(C)CC2C)O1. The van der Waals surface area contributed by atoms with Gasteiger partial charge in [0.2, 0.25) is 0 Å². The van der Waals surface area contributed by atoms with Crippen LogP contribution in [0.3, 0.4) is 0 Å². The highest BCUT2D eigenvalue weighted by Gasteiger charge is 2.29. The average Bonchev–Trinajstić information content (AvgIpc) is 2.80. The smallest absolute Gasteiger partial charge is 0.0707 e. The summed E-state index contributed by atoms with van der Waals surface area (Å²) in [6.07, 6.45) is 3.33. The molecule has 2 fully saturated rings. The maximum atomic E-state index is 6.20. The highest BCUT2D eigenvalue weighted by atomic mass is 16.5. The van der Waals surface area contributed by atoms with Crippen molar-refractivity contribution >= 4 is 0 Å². The molecule has 3 atom stereocenters. The molecule has 1 N–H and O–H groups in total. The van der Waals surface area contributed by atoms with Gasteiger partial charge in [-0.05, 0) is 39.3 Å². The van der Waals surface area contributed by atoms with Gasteiger partial charge in [0, 0.05) is 38.8 Å².